The van der Waals surface area contributed by atoms with Gasteiger partial charge in [-0.2, -0.15) is 4.98 Å². The Labute approximate surface area is 237 Å². The van der Waals surface area contributed by atoms with Gasteiger partial charge in [-0.05, 0) is 56.3 Å². The minimum absolute atomic E-state index is 0.00849. The van der Waals surface area contributed by atoms with Crippen molar-refractivity contribution in [2.45, 2.75) is 45.2 Å². The third-order valence-corrected chi connectivity index (χ3v) is 8.08. The van der Waals surface area contributed by atoms with Crippen LogP contribution in [0.3, 0.4) is 0 Å². The van der Waals surface area contributed by atoms with Gasteiger partial charge in [0, 0.05) is 65.2 Å². The number of terminal acetylenes is 1. The van der Waals surface area contributed by atoms with E-state index in [2.05, 4.69) is 33.4 Å². The van der Waals surface area contributed by atoms with Crippen molar-refractivity contribution < 1.29 is 18.6 Å². The molecule has 0 amide bonds. The van der Waals surface area contributed by atoms with Crippen LogP contribution in [0.15, 0.2) is 30.5 Å². The van der Waals surface area contributed by atoms with Crippen LogP contribution in [0.25, 0.3) is 32.8 Å². The van der Waals surface area contributed by atoms with Crippen LogP contribution in [0, 0.1) is 30.9 Å². The highest BCUT2D eigenvalue weighted by atomic mass is 19.1. The molecule has 212 valence electrons. The molecule has 9 heteroatoms. The number of pyridine rings is 2. The van der Waals surface area contributed by atoms with Crippen LogP contribution < -0.4 is 20.3 Å². The molecule has 2 aliphatic heterocycles. The zero-order chi connectivity index (χ0) is 28.7. The molecule has 7 nitrogen and oxygen atoms in total. The van der Waals surface area contributed by atoms with Crippen molar-refractivity contribution in [1.82, 2.24) is 20.6 Å². The lowest BCUT2D eigenvalue weighted by Gasteiger charge is -2.34. The second-order valence-corrected chi connectivity index (χ2v) is 10.9. The second kappa shape index (κ2) is 11.1. The molecule has 0 saturated carbocycles. The lowest BCUT2D eigenvalue weighted by molar-refractivity contribution is 0.301. The van der Waals surface area contributed by atoms with E-state index in [1.165, 1.54) is 24.3 Å². The number of phenolic OH excluding ortho intramolecular Hbond substituents is 1. The number of nitrogens with zero attached hydrogens (tertiary/aromatic N) is 3. The summed E-state index contributed by atoms with van der Waals surface area (Å²) < 4.78 is 37.6. The Kier molecular flexibility index (Phi) is 7.37. The van der Waals surface area contributed by atoms with E-state index in [9.17, 15) is 9.50 Å². The van der Waals surface area contributed by atoms with E-state index in [4.69, 9.17) is 16.1 Å². The van der Waals surface area contributed by atoms with Crippen molar-refractivity contribution in [1.29, 1.82) is 0 Å². The molecule has 2 aromatic carbocycles. The number of aromatic nitrogens is 2. The first kappa shape index (κ1) is 27.2. The van der Waals surface area contributed by atoms with Crippen molar-refractivity contribution in [3.8, 4) is 35.2 Å². The molecule has 3 N–H and O–H groups in total. The zero-order valence-electron chi connectivity index (χ0n) is 23.2. The summed E-state index contributed by atoms with van der Waals surface area (Å²) in [6.45, 7) is 7.29. The first-order chi connectivity index (χ1) is 19.9. The molecule has 0 radical (unpaired) electrons. The number of hydrogen-bond acceptors (Lipinski definition) is 7. The fourth-order valence-electron chi connectivity index (χ4n) is 6.18. The number of anilines is 1. The number of fused-ring (bicyclic) bond motifs is 4. The van der Waals surface area contributed by atoms with Crippen LogP contribution in [0.4, 0.5) is 14.6 Å². The van der Waals surface area contributed by atoms with Crippen LogP contribution in [-0.4, -0.2) is 59.9 Å². The molecule has 2 aromatic heterocycles. The van der Waals surface area contributed by atoms with Crippen molar-refractivity contribution >= 4 is 27.4 Å². The Morgan fingerprint density at radius 1 is 1.17 bits per heavy atom. The Morgan fingerprint density at radius 2 is 1.95 bits per heavy atom. The third-order valence-electron chi connectivity index (χ3n) is 8.08. The lowest BCUT2D eigenvalue weighted by Crippen LogP contribution is -2.51. The number of rotatable bonds is 8. The maximum absolute atomic E-state index is 16.8. The van der Waals surface area contributed by atoms with Gasteiger partial charge in [0.15, 0.2) is 5.82 Å². The molecule has 2 fully saturated rings. The Morgan fingerprint density at radius 3 is 2.68 bits per heavy atom. The summed E-state index contributed by atoms with van der Waals surface area (Å²) in [6.07, 6.45) is 10.5. The first-order valence-electron chi connectivity index (χ1n) is 14.1. The van der Waals surface area contributed by atoms with Gasteiger partial charge in [0.05, 0.1) is 5.56 Å². The van der Waals surface area contributed by atoms with Crippen LogP contribution in [-0.2, 0) is 0 Å². The van der Waals surface area contributed by atoms with Gasteiger partial charge in [0.1, 0.15) is 29.7 Å². The molecule has 2 unspecified atom stereocenters. The minimum atomic E-state index is -0.602. The number of hydrogen-bond donors (Lipinski definition) is 3. The largest absolute Gasteiger partial charge is 0.508 e. The maximum atomic E-state index is 16.8. The summed E-state index contributed by atoms with van der Waals surface area (Å²) in [4.78, 5) is 11.6. The van der Waals surface area contributed by atoms with Gasteiger partial charge in [-0.25, -0.2) is 8.78 Å². The zero-order valence-corrected chi connectivity index (χ0v) is 23.2. The Balaban J connectivity index is 1.54. The number of nitrogens with one attached hydrogen (secondary N) is 2. The normalized spacial score (nSPS) is 18.3. The third kappa shape index (κ3) is 4.92. The summed E-state index contributed by atoms with van der Waals surface area (Å²) in [6, 6.07) is 6.31. The van der Waals surface area contributed by atoms with Crippen molar-refractivity contribution in [3.05, 3.63) is 53.2 Å². The van der Waals surface area contributed by atoms with E-state index >= 15 is 4.39 Å². The van der Waals surface area contributed by atoms with E-state index in [0.29, 0.717) is 64.0 Å². The number of halogens is 2. The van der Waals surface area contributed by atoms with Gasteiger partial charge >= 0.3 is 0 Å². The summed E-state index contributed by atoms with van der Waals surface area (Å²) in [5.74, 6) is 2.09. The molecule has 41 heavy (non-hydrogen) atoms. The van der Waals surface area contributed by atoms with E-state index in [-0.39, 0.29) is 22.6 Å². The van der Waals surface area contributed by atoms with Gasteiger partial charge in [-0.1, -0.05) is 18.9 Å². The van der Waals surface area contributed by atoms with Crippen molar-refractivity contribution in [2.75, 3.05) is 37.7 Å². The number of aryl methyl sites for hydroxylation is 1. The smallest absolute Gasteiger partial charge is 0.219 e. The standard InChI is InChI=1S/C32H33F2N5O2/c1-4-10-35-11-12-41-32-18(3)27-25(31(38-32)39-16-20-7-8-21(17-39)37-20)15-36-30(29(27)34)24-14-22(40)13-19-6-9-26(33)23(5-2)28(19)24/h2,6,9,13-15,20-21,35,37,40H,4,7-8,10-12,16-17H2,1,3H3. The molecule has 2 atom stereocenters. The van der Waals surface area contributed by atoms with E-state index in [1.807, 2.05) is 0 Å². The lowest BCUT2D eigenvalue weighted by atomic mass is 9.95. The number of phenols is 1. The van der Waals surface area contributed by atoms with Gasteiger partial charge < -0.3 is 25.4 Å². The molecule has 2 saturated heterocycles. The molecule has 2 bridgehead atoms. The first-order valence-corrected chi connectivity index (χ1v) is 14.1. The van der Waals surface area contributed by atoms with E-state index in [1.54, 1.807) is 13.1 Å². The highest BCUT2D eigenvalue weighted by Crippen LogP contribution is 2.41. The Hall–Kier alpha value is -4.00. The fourth-order valence-corrected chi connectivity index (χ4v) is 6.18. The summed E-state index contributed by atoms with van der Waals surface area (Å²) in [5, 5.41) is 19.2. The van der Waals surface area contributed by atoms with Gasteiger partial charge in [0.25, 0.3) is 0 Å². The molecular formula is C32H33F2N5O2. The molecule has 0 aliphatic carbocycles. The van der Waals surface area contributed by atoms with E-state index < -0.39 is 11.6 Å². The molecule has 2 aliphatic rings. The minimum Gasteiger partial charge on any atom is -0.508 e. The molecule has 0 spiro atoms. The van der Waals surface area contributed by atoms with Crippen LogP contribution in [0.1, 0.15) is 37.3 Å². The monoisotopic (exact) mass is 557 g/mol. The average Bonchev–Trinajstić information content (AvgIpc) is 3.30. The summed E-state index contributed by atoms with van der Waals surface area (Å²) in [5.41, 5.74) is 0.727. The van der Waals surface area contributed by atoms with E-state index in [0.717, 1.165) is 38.9 Å². The number of piperazine rings is 1. The highest BCUT2D eigenvalue weighted by molar-refractivity contribution is 6.04. The summed E-state index contributed by atoms with van der Waals surface area (Å²) >= 11 is 0. The quantitative estimate of drug-likeness (QED) is 0.207. The summed E-state index contributed by atoms with van der Waals surface area (Å²) in [7, 11) is 0. The van der Waals surface area contributed by atoms with Crippen molar-refractivity contribution in [2.24, 2.45) is 0 Å². The van der Waals surface area contributed by atoms with Gasteiger partial charge in [0.2, 0.25) is 5.88 Å². The number of aromatic hydroxyl groups is 1. The SMILES string of the molecule is C#Cc1c(F)ccc2cc(O)cc(-c3ncc4c(N5CC6CCC(C5)N6)nc(OCCNCCC)c(C)c4c3F)c12. The predicted molar refractivity (Wildman–Crippen MR) is 158 cm³/mol. The average molecular weight is 558 g/mol. The number of ether oxygens (including phenoxy) is 1. The molecular weight excluding hydrogens is 524 g/mol. The van der Waals surface area contributed by atoms with Gasteiger partial charge in [-0.15, -0.1) is 6.42 Å². The van der Waals surface area contributed by atoms with Crippen LogP contribution in [0.5, 0.6) is 11.6 Å². The Bertz CT molecular complexity index is 1670. The van der Waals surface area contributed by atoms with Crippen molar-refractivity contribution in [3.63, 3.8) is 0 Å². The molecule has 4 heterocycles. The number of benzene rings is 2. The van der Waals surface area contributed by atoms with Crippen LogP contribution in [0.2, 0.25) is 0 Å². The second-order valence-electron chi connectivity index (χ2n) is 10.9. The van der Waals surface area contributed by atoms with Gasteiger partial charge in [-0.3, -0.25) is 4.98 Å². The molecule has 6 rings (SSSR count). The van der Waals surface area contributed by atoms with Crippen LogP contribution >= 0.6 is 0 Å². The fraction of sp³-hybridized carbons (Fsp3) is 0.375. The maximum Gasteiger partial charge on any atom is 0.219 e. The molecule has 4 aromatic rings. The topological polar surface area (TPSA) is 82.5 Å². The predicted octanol–water partition coefficient (Wildman–Crippen LogP) is 5.04. The highest BCUT2D eigenvalue weighted by Gasteiger charge is 2.34.